The van der Waals surface area contributed by atoms with Crippen LogP contribution in [0.25, 0.3) is 0 Å². The Hall–Kier alpha value is -1.88. The molecule has 1 unspecified atom stereocenters. The van der Waals surface area contributed by atoms with Crippen molar-refractivity contribution in [3.05, 3.63) is 36.5 Å². The van der Waals surface area contributed by atoms with E-state index in [2.05, 4.69) is 57.2 Å². The molecule has 0 bridgehead atoms. The van der Waals surface area contributed by atoms with Gasteiger partial charge in [0.15, 0.2) is 6.10 Å². The summed E-state index contributed by atoms with van der Waals surface area (Å²) in [6.45, 7) is 7.71. The number of rotatable bonds is 41. The van der Waals surface area contributed by atoms with Crippen molar-refractivity contribution in [2.24, 2.45) is 0 Å². The van der Waals surface area contributed by atoms with Gasteiger partial charge in [0.05, 0.1) is 6.61 Å². The third-order valence-electron chi connectivity index (χ3n) is 9.65. The Morgan fingerprint density at radius 2 is 0.808 bits per heavy atom. The highest BCUT2D eigenvalue weighted by Crippen LogP contribution is 2.13. The lowest BCUT2D eigenvalue weighted by molar-refractivity contribution is -0.163. The van der Waals surface area contributed by atoms with Crippen molar-refractivity contribution in [2.75, 3.05) is 19.8 Å². The van der Waals surface area contributed by atoms with Crippen LogP contribution in [0.2, 0.25) is 0 Å². The van der Waals surface area contributed by atoms with Crippen LogP contribution in [0.15, 0.2) is 36.5 Å². The minimum Gasteiger partial charge on any atom is -0.462 e. The Kier molecular flexibility index (Phi) is 42.0. The highest BCUT2D eigenvalue weighted by molar-refractivity contribution is 5.70. The topological polar surface area (TPSA) is 61.8 Å². The van der Waals surface area contributed by atoms with Crippen molar-refractivity contribution in [2.45, 2.75) is 232 Å². The van der Waals surface area contributed by atoms with E-state index in [1.165, 1.54) is 128 Å². The number of carbonyl (C=O) groups is 2. The molecule has 0 aliphatic heterocycles. The van der Waals surface area contributed by atoms with Gasteiger partial charge in [-0.1, -0.05) is 173 Å². The van der Waals surface area contributed by atoms with Crippen LogP contribution in [0.4, 0.5) is 0 Å². The standard InChI is InChI=1S/C47H86O5/c1-4-7-10-13-15-17-19-21-23-25-27-29-31-33-36-39-42-50-43-45(52-47(49)41-38-34-12-9-6-3)44-51-46(48)40-37-35-32-30-28-26-24-22-20-18-16-14-11-8-5-2/h16,18,21-24,45H,4-15,17,19-20,25-44H2,1-3H3/b18-16-,23-21-,24-22-. The molecule has 0 amide bonds. The van der Waals surface area contributed by atoms with Gasteiger partial charge in [-0.2, -0.15) is 0 Å². The molecule has 0 N–H and O–H groups in total. The van der Waals surface area contributed by atoms with E-state index in [0.717, 1.165) is 64.2 Å². The second kappa shape index (κ2) is 43.5. The Balaban J connectivity index is 4.08. The van der Waals surface area contributed by atoms with Crippen LogP contribution in [0.5, 0.6) is 0 Å². The summed E-state index contributed by atoms with van der Waals surface area (Å²) in [6, 6.07) is 0. The first-order valence-electron chi connectivity index (χ1n) is 22.5. The second-order valence-corrected chi connectivity index (χ2v) is 15.0. The van der Waals surface area contributed by atoms with Crippen molar-refractivity contribution in [3.63, 3.8) is 0 Å². The molecular formula is C47H86O5. The fraction of sp³-hybridized carbons (Fsp3) is 0.830. The lowest BCUT2D eigenvalue weighted by Gasteiger charge is -2.18. The van der Waals surface area contributed by atoms with Crippen LogP contribution in [-0.2, 0) is 23.8 Å². The van der Waals surface area contributed by atoms with Gasteiger partial charge in [0.1, 0.15) is 6.61 Å². The maximum atomic E-state index is 12.5. The fourth-order valence-electron chi connectivity index (χ4n) is 6.24. The van der Waals surface area contributed by atoms with Crippen molar-refractivity contribution in [1.82, 2.24) is 0 Å². The molecule has 0 aromatic carbocycles. The van der Waals surface area contributed by atoms with Crippen LogP contribution >= 0.6 is 0 Å². The van der Waals surface area contributed by atoms with Gasteiger partial charge in [0.2, 0.25) is 0 Å². The molecule has 0 heterocycles. The van der Waals surface area contributed by atoms with Crippen LogP contribution in [-0.4, -0.2) is 37.9 Å². The summed E-state index contributed by atoms with van der Waals surface area (Å²) < 4.78 is 17.2. The van der Waals surface area contributed by atoms with E-state index in [-0.39, 0.29) is 25.2 Å². The zero-order chi connectivity index (χ0) is 37.8. The smallest absolute Gasteiger partial charge is 0.306 e. The average molecular weight is 731 g/mol. The van der Waals surface area contributed by atoms with Crippen LogP contribution < -0.4 is 0 Å². The minimum atomic E-state index is -0.536. The number of ether oxygens (including phenoxy) is 3. The Morgan fingerprint density at radius 3 is 1.33 bits per heavy atom. The first kappa shape index (κ1) is 50.1. The quantitative estimate of drug-likeness (QED) is 0.0356. The Bertz CT molecular complexity index is 832. The molecule has 52 heavy (non-hydrogen) atoms. The molecule has 0 fully saturated rings. The normalized spacial score (nSPS) is 12.4. The summed E-state index contributed by atoms with van der Waals surface area (Å²) in [5.74, 6) is -0.424. The fourth-order valence-corrected chi connectivity index (χ4v) is 6.24. The van der Waals surface area contributed by atoms with Gasteiger partial charge < -0.3 is 14.2 Å². The van der Waals surface area contributed by atoms with Gasteiger partial charge in [-0.3, -0.25) is 9.59 Å². The number of unbranched alkanes of at least 4 members (excludes halogenated alkanes) is 24. The molecule has 1 atom stereocenters. The second-order valence-electron chi connectivity index (χ2n) is 15.0. The molecule has 0 radical (unpaired) electrons. The van der Waals surface area contributed by atoms with Crippen LogP contribution in [0.3, 0.4) is 0 Å². The first-order chi connectivity index (χ1) is 25.6. The number of allylic oxidation sites excluding steroid dienone is 6. The van der Waals surface area contributed by atoms with E-state index < -0.39 is 6.10 Å². The number of hydrogen-bond donors (Lipinski definition) is 0. The predicted octanol–water partition coefficient (Wildman–Crippen LogP) is 14.7. The summed E-state index contributed by atoms with van der Waals surface area (Å²) in [4.78, 5) is 25.0. The molecule has 0 spiro atoms. The van der Waals surface area contributed by atoms with E-state index in [4.69, 9.17) is 14.2 Å². The Labute approximate surface area is 323 Å². The molecule has 304 valence electrons. The molecular weight excluding hydrogens is 645 g/mol. The summed E-state index contributed by atoms with van der Waals surface area (Å²) >= 11 is 0. The largest absolute Gasteiger partial charge is 0.462 e. The van der Waals surface area contributed by atoms with Gasteiger partial charge in [0, 0.05) is 19.4 Å². The van der Waals surface area contributed by atoms with Crippen molar-refractivity contribution < 1.29 is 23.8 Å². The maximum Gasteiger partial charge on any atom is 0.306 e. The molecule has 5 nitrogen and oxygen atoms in total. The molecule has 0 aliphatic rings. The van der Waals surface area contributed by atoms with E-state index in [0.29, 0.717) is 19.4 Å². The highest BCUT2D eigenvalue weighted by atomic mass is 16.6. The van der Waals surface area contributed by atoms with Gasteiger partial charge >= 0.3 is 11.9 Å². The van der Waals surface area contributed by atoms with E-state index in [9.17, 15) is 9.59 Å². The average Bonchev–Trinajstić information content (AvgIpc) is 3.14. The van der Waals surface area contributed by atoms with Crippen molar-refractivity contribution in [1.29, 1.82) is 0 Å². The van der Waals surface area contributed by atoms with Crippen molar-refractivity contribution >= 4 is 11.9 Å². The molecule has 0 rings (SSSR count). The van der Waals surface area contributed by atoms with E-state index in [1.54, 1.807) is 0 Å². The number of esters is 2. The van der Waals surface area contributed by atoms with Gasteiger partial charge in [0.25, 0.3) is 0 Å². The molecule has 0 aliphatic carbocycles. The van der Waals surface area contributed by atoms with Gasteiger partial charge in [-0.05, 0) is 77.0 Å². The third kappa shape index (κ3) is 40.9. The zero-order valence-corrected chi connectivity index (χ0v) is 34.8. The maximum absolute atomic E-state index is 12.5. The highest BCUT2D eigenvalue weighted by Gasteiger charge is 2.17. The molecule has 0 saturated carbocycles. The zero-order valence-electron chi connectivity index (χ0n) is 34.8. The van der Waals surface area contributed by atoms with E-state index >= 15 is 0 Å². The summed E-state index contributed by atoms with van der Waals surface area (Å²) in [7, 11) is 0. The van der Waals surface area contributed by atoms with Crippen LogP contribution in [0, 0.1) is 0 Å². The molecule has 0 aromatic heterocycles. The van der Waals surface area contributed by atoms with Gasteiger partial charge in [-0.15, -0.1) is 0 Å². The van der Waals surface area contributed by atoms with Crippen LogP contribution in [0.1, 0.15) is 226 Å². The SMILES string of the molecule is CCCCC/C=C\C/C=C\CCCCCCCC(=O)OCC(COCCCCCCCC/C=C\CCCCCCCC)OC(=O)CCCCCCC. The number of carbonyl (C=O) groups excluding carboxylic acids is 2. The number of hydrogen-bond acceptors (Lipinski definition) is 5. The lowest BCUT2D eigenvalue weighted by Crippen LogP contribution is -2.30. The summed E-state index contributed by atoms with van der Waals surface area (Å²) in [5.41, 5.74) is 0. The summed E-state index contributed by atoms with van der Waals surface area (Å²) in [5, 5.41) is 0. The molecule has 0 saturated heterocycles. The molecule has 5 heteroatoms. The first-order valence-corrected chi connectivity index (χ1v) is 22.5. The molecule has 0 aromatic rings. The van der Waals surface area contributed by atoms with Gasteiger partial charge in [-0.25, -0.2) is 0 Å². The monoisotopic (exact) mass is 731 g/mol. The van der Waals surface area contributed by atoms with E-state index in [1.807, 2.05) is 0 Å². The van der Waals surface area contributed by atoms with Crippen molar-refractivity contribution in [3.8, 4) is 0 Å². The summed E-state index contributed by atoms with van der Waals surface area (Å²) in [6.07, 6.45) is 50.2. The third-order valence-corrected chi connectivity index (χ3v) is 9.65. The lowest BCUT2D eigenvalue weighted by atomic mass is 10.1. The predicted molar refractivity (Wildman–Crippen MR) is 224 cm³/mol. The minimum absolute atomic E-state index is 0.0775. The Morgan fingerprint density at radius 1 is 0.423 bits per heavy atom.